The summed E-state index contributed by atoms with van der Waals surface area (Å²) in [7, 11) is -3.92. The van der Waals surface area contributed by atoms with Crippen LogP contribution >= 0.6 is 0 Å². The normalized spacial score (nSPS) is 11.9. The fraction of sp³-hybridized carbons (Fsp3) is 0.385. The lowest BCUT2D eigenvalue weighted by Gasteiger charge is -2.13. The summed E-state index contributed by atoms with van der Waals surface area (Å²) in [5, 5.41) is 12.6. The maximum absolute atomic E-state index is 11.6. The van der Waals surface area contributed by atoms with Gasteiger partial charge in [0.05, 0.1) is 6.61 Å². The summed E-state index contributed by atoms with van der Waals surface area (Å²) in [5.74, 6) is 1.20. The zero-order chi connectivity index (χ0) is 15.6. The van der Waals surface area contributed by atoms with E-state index >= 15 is 0 Å². The van der Waals surface area contributed by atoms with Crippen LogP contribution in [0, 0.1) is 0 Å². The molecule has 1 aromatic carbocycles. The zero-order valence-corrected chi connectivity index (χ0v) is 13.0. The maximum atomic E-state index is 11.6. The first-order chi connectivity index (χ1) is 9.84. The van der Waals surface area contributed by atoms with Crippen LogP contribution in [-0.4, -0.2) is 29.8 Å². The molecule has 0 amide bonds. The van der Waals surface area contributed by atoms with Gasteiger partial charge >= 0.3 is 0 Å². The summed E-state index contributed by atoms with van der Waals surface area (Å²) < 4.78 is 30.0. The zero-order valence-electron chi connectivity index (χ0n) is 12.1. The van der Waals surface area contributed by atoms with E-state index in [0.29, 0.717) is 12.4 Å². The molecule has 0 aliphatic carbocycles. The molecule has 0 saturated carbocycles. The summed E-state index contributed by atoms with van der Waals surface area (Å²) in [6, 6.07) is 7.07. The molecule has 0 saturated heterocycles. The highest BCUT2D eigenvalue weighted by molar-refractivity contribution is 7.89. The quantitative estimate of drug-likeness (QED) is 0.903. The summed E-state index contributed by atoms with van der Waals surface area (Å²) >= 11 is 0. The van der Waals surface area contributed by atoms with E-state index in [4.69, 9.17) is 9.88 Å². The van der Waals surface area contributed by atoms with E-state index < -0.39 is 10.0 Å². The fourth-order valence-electron chi connectivity index (χ4n) is 2.00. The number of benzene rings is 1. The van der Waals surface area contributed by atoms with Gasteiger partial charge in [-0.05, 0) is 45.0 Å². The van der Waals surface area contributed by atoms with E-state index in [1.165, 1.54) is 4.57 Å². The molecule has 1 aromatic heterocycles. The molecule has 2 N–H and O–H groups in total. The van der Waals surface area contributed by atoms with Crippen molar-refractivity contribution in [3.63, 3.8) is 0 Å². The molecule has 0 spiro atoms. The fourth-order valence-corrected chi connectivity index (χ4v) is 2.73. The van der Waals surface area contributed by atoms with Crippen LogP contribution in [0.1, 0.15) is 26.8 Å². The van der Waals surface area contributed by atoms with Crippen LogP contribution in [0.2, 0.25) is 0 Å². The Labute approximate surface area is 123 Å². The minimum absolute atomic E-state index is 0.144. The van der Waals surface area contributed by atoms with Crippen molar-refractivity contribution in [2.24, 2.45) is 5.14 Å². The molecule has 7 nitrogen and oxygen atoms in total. The van der Waals surface area contributed by atoms with Crippen LogP contribution in [0.15, 0.2) is 29.4 Å². The van der Waals surface area contributed by atoms with Crippen LogP contribution in [-0.2, 0) is 10.0 Å². The largest absolute Gasteiger partial charge is 0.494 e. The third-order valence-electron chi connectivity index (χ3n) is 2.86. The van der Waals surface area contributed by atoms with Gasteiger partial charge in [-0.3, -0.25) is 4.57 Å². The third kappa shape index (κ3) is 3.22. The van der Waals surface area contributed by atoms with Gasteiger partial charge in [0.15, 0.2) is 5.82 Å². The van der Waals surface area contributed by atoms with Crippen LogP contribution in [0.4, 0.5) is 0 Å². The number of sulfonamides is 1. The van der Waals surface area contributed by atoms with Crippen LogP contribution in [0.5, 0.6) is 5.75 Å². The highest BCUT2D eigenvalue weighted by Crippen LogP contribution is 2.25. The van der Waals surface area contributed by atoms with E-state index in [-0.39, 0.29) is 11.2 Å². The highest BCUT2D eigenvalue weighted by atomic mass is 32.2. The monoisotopic (exact) mass is 310 g/mol. The first-order valence-electron chi connectivity index (χ1n) is 6.55. The molecule has 21 heavy (non-hydrogen) atoms. The lowest BCUT2D eigenvalue weighted by atomic mass is 10.2. The van der Waals surface area contributed by atoms with Crippen LogP contribution in [0.25, 0.3) is 11.4 Å². The van der Waals surface area contributed by atoms with Crippen molar-refractivity contribution in [3.8, 4) is 17.1 Å². The molecule has 114 valence electrons. The molecule has 0 unspecified atom stereocenters. The molecule has 0 atom stereocenters. The number of nitrogens with two attached hydrogens (primary N) is 1. The van der Waals surface area contributed by atoms with Gasteiger partial charge < -0.3 is 4.74 Å². The number of primary sulfonamides is 1. The minimum Gasteiger partial charge on any atom is -0.494 e. The number of rotatable bonds is 5. The highest BCUT2D eigenvalue weighted by Gasteiger charge is 2.23. The lowest BCUT2D eigenvalue weighted by molar-refractivity contribution is 0.340. The standard InChI is InChI=1S/C13H18N4O3S/c1-4-20-11-7-5-10(6-8-11)12-15-16-13(21(14,18)19)17(12)9(2)3/h5-9H,4H2,1-3H3,(H2,14,18,19). The van der Waals surface area contributed by atoms with Crippen LogP contribution < -0.4 is 9.88 Å². The molecule has 0 aliphatic rings. The molecule has 1 heterocycles. The average molecular weight is 310 g/mol. The Balaban J connectivity index is 2.51. The van der Waals surface area contributed by atoms with E-state index in [1.54, 1.807) is 24.3 Å². The molecule has 2 rings (SSSR count). The van der Waals surface area contributed by atoms with Gasteiger partial charge in [-0.1, -0.05) is 0 Å². The predicted molar refractivity (Wildman–Crippen MR) is 78.4 cm³/mol. The van der Waals surface area contributed by atoms with Gasteiger partial charge in [-0.25, -0.2) is 13.6 Å². The Bertz CT molecular complexity index is 720. The summed E-state index contributed by atoms with van der Waals surface area (Å²) in [4.78, 5) is 0. The summed E-state index contributed by atoms with van der Waals surface area (Å²) in [5.41, 5.74) is 0.745. The summed E-state index contributed by atoms with van der Waals surface area (Å²) in [6.45, 7) is 6.17. The Morgan fingerprint density at radius 1 is 1.24 bits per heavy atom. The second-order valence-corrected chi connectivity index (χ2v) is 6.23. The molecule has 0 radical (unpaired) electrons. The number of hydrogen-bond donors (Lipinski definition) is 1. The number of aromatic nitrogens is 3. The van der Waals surface area contributed by atoms with Crippen molar-refractivity contribution >= 4 is 10.0 Å². The van der Waals surface area contributed by atoms with Gasteiger partial charge in [0.2, 0.25) is 0 Å². The maximum Gasteiger partial charge on any atom is 0.273 e. The molecule has 0 aliphatic heterocycles. The van der Waals surface area contributed by atoms with Gasteiger partial charge in [0, 0.05) is 11.6 Å². The summed E-state index contributed by atoms with van der Waals surface area (Å²) in [6.07, 6.45) is 0. The van der Waals surface area contributed by atoms with Crippen molar-refractivity contribution in [2.75, 3.05) is 6.61 Å². The van der Waals surface area contributed by atoms with E-state index in [2.05, 4.69) is 10.2 Å². The predicted octanol–water partition coefficient (Wildman–Crippen LogP) is 1.57. The topological polar surface area (TPSA) is 100 Å². The Kier molecular flexibility index (Phi) is 4.29. The second kappa shape index (κ2) is 5.82. The Morgan fingerprint density at radius 3 is 2.33 bits per heavy atom. The van der Waals surface area contributed by atoms with Crippen molar-refractivity contribution in [2.45, 2.75) is 32.0 Å². The smallest absolute Gasteiger partial charge is 0.273 e. The van der Waals surface area contributed by atoms with Crippen molar-refractivity contribution in [1.29, 1.82) is 0 Å². The van der Waals surface area contributed by atoms with Crippen molar-refractivity contribution < 1.29 is 13.2 Å². The van der Waals surface area contributed by atoms with Crippen molar-refractivity contribution in [1.82, 2.24) is 14.8 Å². The number of ether oxygens (including phenoxy) is 1. The average Bonchev–Trinajstić information content (AvgIpc) is 2.85. The molecular formula is C13H18N4O3S. The third-order valence-corrected chi connectivity index (χ3v) is 3.65. The van der Waals surface area contributed by atoms with Crippen molar-refractivity contribution in [3.05, 3.63) is 24.3 Å². The van der Waals surface area contributed by atoms with Gasteiger partial charge in [0.1, 0.15) is 5.75 Å². The minimum atomic E-state index is -3.92. The van der Waals surface area contributed by atoms with E-state index in [1.807, 2.05) is 20.8 Å². The van der Waals surface area contributed by atoms with Gasteiger partial charge in [-0.2, -0.15) is 0 Å². The first-order valence-corrected chi connectivity index (χ1v) is 8.10. The lowest BCUT2D eigenvalue weighted by Crippen LogP contribution is -2.20. The second-order valence-electron chi connectivity index (χ2n) is 4.77. The van der Waals surface area contributed by atoms with Crippen LogP contribution in [0.3, 0.4) is 0 Å². The van der Waals surface area contributed by atoms with Gasteiger partial charge in [0.25, 0.3) is 15.2 Å². The SMILES string of the molecule is CCOc1ccc(-c2nnc(S(N)(=O)=O)n2C(C)C)cc1. The van der Waals surface area contributed by atoms with Gasteiger partial charge in [-0.15, -0.1) is 10.2 Å². The number of nitrogens with zero attached hydrogens (tertiary/aromatic N) is 3. The first kappa shape index (κ1) is 15.5. The number of hydrogen-bond acceptors (Lipinski definition) is 5. The van der Waals surface area contributed by atoms with E-state index in [9.17, 15) is 8.42 Å². The molecule has 2 aromatic rings. The Morgan fingerprint density at radius 2 is 1.86 bits per heavy atom. The molecule has 0 bridgehead atoms. The molecule has 8 heteroatoms. The molecule has 0 fully saturated rings. The molecular weight excluding hydrogens is 292 g/mol. The Hall–Kier alpha value is -1.93. The van der Waals surface area contributed by atoms with E-state index in [0.717, 1.165) is 11.3 Å².